The van der Waals surface area contributed by atoms with Crippen molar-refractivity contribution in [2.75, 3.05) is 19.6 Å². The van der Waals surface area contributed by atoms with E-state index in [9.17, 15) is 9.18 Å². The lowest BCUT2D eigenvalue weighted by molar-refractivity contribution is -0.133. The van der Waals surface area contributed by atoms with Crippen molar-refractivity contribution in [3.05, 3.63) is 51.7 Å². The van der Waals surface area contributed by atoms with Gasteiger partial charge in [-0.1, -0.05) is 32.0 Å². The molecule has 4 nitrogen and oxygen atoms in total. The van der Waals surface area contributed by atoms with Crippen LogP contribution in [-0.4, -0.2) is 30.5 Å². The Kier molecular flexibility index (Phi) is 5.49. The maximum absolute atomic E-state index is 13.9. The second-order valence-corrected chi connectivity index (χ2v) is 7.88. The van der Waals surface area contributed by atoms with E-state index in [-0.39, 0.29) is 11.7 Å². The second-order valence-electron chi connectivity index (χ2n) is 6.99. The standard InChI is InChI=1S/C19H24FN3OS/c1-13(2)17-23-15(10-25-17)7-8-22-18(24)19(11-21-12-19)9-14-5-3-4-6-16(14)20/h3-6,10,13,21H,7-9,11-12H2,1-2H3,(H,22,24). The number of benzene rings is 1. The quantitative estimate of drug-likeness (QED) is 0.797. The molecule has 0 atom stereocenters. The van der Waals surface area contributed by atoms with Crippen LogP contribution in [0, 0.1) is 11.2 Å². The average molecular weight is 361 g/mol. The first-order valence-electron chi connectivity index (χ1n) is 8.67. The van der Waals surface area contributed by atoms with Crippen LogP contribution in [0.4, 0.5) is 4.39 Å². The van der Waals surface area contributed by atoms with Gasteiger partial charge < -0.3 is 10.6 Å². The van der Waals surface area contributed by atoms with Crippen LogP contribution >= 0.6 is 11.3 Å². The number of aromatic nitrogens is 1. The summed E-state index contributed by atoms with van der Waals surface area (Å²) in [6, 6.07) is 6.68. The molecule has 0 aliphatic carbocycles. The fraction of sp³-hybridized carbons (Fsp3) is 0.474. The Hall–Kier alpha value is -1.79. The van der Waals surface area contributed by atoms with Gasteiger partial charge in [-0.15, -0.1) is 11.3 Å². The maximum Gasteiger partial charge on any atom is 0.229 e. The Bertz CT molecular complexity index is 740. The lowest BCUT2D eigenvalue weighted by atomic mass is 9.75. The van der Waals surface area contributed by atoms with E-state index >= 15 is 0 Å². The van der Waals surface area contributed by atoms with Crippen LogP contribution in [0.15, 0.2) is 29.6 Å². The number of amides is 1. The third kappa shape index (κ3) is 4.07. The molecule has 0 spiro atoms. The van der Waals surface area contributed by atoms with Crippen molar-refractivity contribution in [2.45, 2.75) is 32.6 Å². The first-order valence-corrected chi connectivity index (χ1v) is 9.55. The lowest BCUT2D eigenvalue weighted by Crippen LogP contribution is -2.62. The van der Waals surface area contributed by atoms with E-state index in [4.69, 9.17) is 0 Å². The molecule has 1 saturated heterocycles. The molecule has 2 aromatic rings. The normalized spacial score (nSPS) is 15.8. The maximum atomic E-state index is 13.9. The number of halogens is 1. The van der Waals surface area contributed by atoms with Gasteiger partial charge >= 0.3 is 0 Å². The highest BCUT2D eigenvalue weighted by Crippen LogP contribution is 2.29. The van der Waals surface area contributed by atoms with Crippen LogP contribution in [0.1, 0.15) is 36.0 Å². The van der Waals surface area contributed by atoms with E-state index in [0.717, 1.165) is 17.1 Å². The number of hydrogen-bond donors (Lipinski definition) is 2. The molecule has 0 saturated carbocycles. The second kappa shape index (κ2) is 7.62. The predicted octanol–water partition coefficient (Wildman–Crippen LogP) is 2.90. The van der Waals surface area contributed by atoms with Crippen LogP contribution in [0.3, 0.4) is 0 Å². The van der Waals surface area contributed by atoms with E-state index in [1.807, 2.05) is 6.07 Å². The van der Waals surface area contributed by atoms with Gasteiger partial charge in [-0.2, -0.15) is 0 Å². The number of carbonyl (C=O) groups excluding carboxylic acids is 1. The van der Waals surface area contributed by atoms with Gasteiger partial charge in [0, 0.05) is 37.4 Å². The minimum absolute atomic E-state index is 0.00573. The number of carbonyl (C=O) groups is 1. The molecule has 1 aromatic heterocycles. The molecule has 1 aromatic carbocycles. The molecule has 3 rings (SSSR count). The van der Waals surface area contributed by atoms with Gasteiger partial charge in [0.25, 0.3) is 0 Å². The molecule has 1 aliphatic heterocycles. The third-order valence-corrected chi connectivity index (χ3v) is 5.82. The van der Waals surface area contributed by atoms with Crippen molar-refractivity contribution in [3.8, 4) is 0 Å². The molecule has 6 heteroatoms. The highest BCUT2D eigenvalue weighted by Gasteiger charge is 2.44. The lowest BCUT2D eigenvalue weighted by Gasteiger charge is -2.41. The summed E-state index contributed by atoms with van der Waals surface area (Å²) < 4.78 is 13.9. The molecular weight excluding hydrogens is 337 g/mol. The summed E-state index contributed by atoms with van der Waals surface area (Å²) in [5, 5.41) is 9.35. The van der Waals surface area contributed by atoms with Crippen molar-refractivity contribution in [1.29, 1.82) is 0 Å². The highest BCUT2D eigenvalue weighted by molar-refractivity contribution is 7.09. The molecule has 0 bridgehead atoms. The number of rotatable bonds is 7. The molecule has 2 N–H and O–H groups in total. The zero-order valence-corrected chi connectivity index (χ0v) is 15.5. The number of nitrogens with one attached hydrogen (secondary N) is 2. The van der Waals surface area contributed by atoms with Gasteiger partial charge in [-0.3, -0.25) is 4.79 Å². The van der Waals surface area contributed by atoms with Gasteiger partial charge in [-0.05, 0) is 18.1 Å². The molecule has 1 aliphatic rings. The number of thiazole rings is 1. The van der Waals surface area contributed by atoms with Crippen molar-refractivity contribution in [2.24, 2.45) is 5.41 Å². The summed E-state index contributed by atoms with van der Waals surface area (Å²) in [6.07, 6.45) is 1.14. The van der Waals surface area contributed by atoms with E-state index in [0.29, 0.717) is 37.5 Å². The molecule has 25 heavy (non-hydrogen) atoms. The molecule has 0 unspecified atom stereocenters. The van der Waals surface area contributed by atoms with Crippen LogP contribution < -0.4 is 10.6 Å². The minimum atomic E-state index is -0.548. The first-order chi connectivity index (χ1) is 12.0. The van der Waals surface area contributed by atoms with Crippen LogP contribution in [-0.2, 0) is 17.6 Å². The zero-order chi connectivity index (χ0) is 17.9. The summed E-state index contributed by atoms with van der Waals surface area (Å²) in [5.41, 5.74) is 1.07. The van der Waals surface area contributed by atoms with Crippen molar-refractivity contribution < 1.29 is 9.18 Å². The summed E-state index contributed by atoms with van der Waals surface area (Å²) in [5.74, 6) is 0.178. The highest BCUT2D eigenvalue weighted by atomic mass is 32.1. The molecule has 1 fully saturated rings. The smallest absolute Gasteiger partial charge is 0.229 e. The summed E-state index contributed by atoms with van der Waals surface area (Å²) in [7, 11) is 0. The van der Waals surface area contributed by atoms with Gasteiger partial charge in [0.2, 0.25) is 5.91 Å². The fourth-order valence-corrected chi connectivity index (χ4v) is 3.86. The van der Waals surface area contributed by atoms with E-state index < -0.39 is 5.41 Å². The summed E-state index contributed by atoms with van der Waals surface area (Å²) in [4.78, 5) is 17.3. The Morgan fingerprint density at radius 3 is 2.76 bits per heavy atom. The van der Waals surface area contributed by atoms with Gasteiger partial charge in [0.05, 0.1) is 16.1 Å². The Morgan fingerprint density at radius 1 is 1.40 bits per heavy atom. The zero-order valence-electron chi connectivity index (χ0n) is 14.6. The largest absolute Gasteiger partial charge is 0.355 e. The van der Waals surface area contributed by atoms with Gasteiger partial charge in [-0.25, -0.2) is 9.37 Å². The van der Waals surface area contributed by atoms with Crippen LogP contribution in [0.2, 0.25) is 0 Å². The van der Waals surface area contributed by atoms with Crippen molar-refractivity contribution >= 4 is 17.2 Å². The van der Waals surface area contributed by atoms with E-state index in [1.54, 1.807) is 23.5 Å². The predicted molar refractivity (Wildman–Crippen MR) is 98.3 cm³/mol. The monoisotopic (exact) mass is 361 g/mol. The fourth-order valence-electron chi connectivity index (χ4n) is 2.99. The van der Waals surface area contributed by atoms with E-state index in [1.165, 1.54) is 6.07 Å². The van der Waals surface area contributed by atoms with Crippen molar-refractivity contribution in [1.82, 2.24) is 15.6 Å². The molecule has 134 valence electrons. The third-order valence-electron chi connectivity index (χ3n) is 4.63. The molecule has 2 heterocycles. The van der Waals surface area contributed by atoms with Crippen LogP contribution in [0.5, 0.6) is 0 Å². The van der Waals surface area contributed by atoms with Crippen molar-refractivity contribution in [3.63, 3.8) is 0 Å². The Morgan fingerprint density at radius 2 is 2.16 bits per heavy atom. The topological polar surface area (TPSA) is 54.0 Å². The minimum Gasteiger partial charge on any atom is -0.355 e. The first kappa shape index (κ1) is 18.0. The number of nitrogens with zero attached hydrogens (tertiary/aromatic N) is 1. The van der Waals surface area contributed by atoms with Gasteiger partial charge in [0.15, 0.2) is 0 Å². The molecule has 0 radical (unpaired) electrons. The molecule has 1 amide bonds. The Labute approximate surface area is 151 Å². The van der Waals surface area contributed by atoms with Gasteiger partial charge in [0.1, 0.15) is 5.82 Å². The summed E-state index contributed by atoms with van der Waals surface area (Å²) >= 11 is 1.67. The number of hydrogen-bond acceptors (Lipinski definition) is 4. The average Bonchev–Trinajstić information content (AvgIpc) is 3.01. The Balaban J connectivity index is 1.56. The van der Waals surface area contributed by atoms with E-state index in [2.05, 4.69) is 34.8 Å². The molecular formula is C19H24FN3OS. The van der Waals surface area contributed by atoms with Crippen LogP contribution in [0.25, 0.3) is 0 Å². The SMILES string of the molecule is CC(C)c1nc(CCNC(=O)C2(Cc3ccccc3F)CNC2)cs1. The summed E-state index contributed by atoms with van der Waals surface area (Å²) in [6.45, 7) is 5.97.